The predicted octanol–water partition coefficient (Wildman–Crippen LogP) is 2.84. The summed E-state index contributed by atoms with van der Waals surface area (Å²) >= 11 is 0. The lowest BCUT2D eigenvalue weighted by Gasteiger charge is -2.22. The van der Waals surface area contributed by atoms with Crippen molar-refractivity contribution in [2.24, 2.45) is 0 Å². The Morgan fingerprint density at radius 3 is 2.61 bits per heavy atom. The highest BCUT2D eigenvalue weighted by molar-refractivity contribution is 6.00. The molecule has 0 aliphatic carbocycles. The molecule has 0 saturated heterocycles. The van der Waals surface area contributed by atoms with E-state index in [1.807, 2.05) is 6.07 Å². The van der Waals surface area contributed by atoms with Gasteiger partial charge in [0.05, 0.1) is 70.7 Å². The molecule has 0 bridgehead atoms. The first-order valence-corrected chi connectivity index (χ1v) is 10.5. The van der Waals surface area contributed by atoms with Gasteiger partial charge in [0.1, 0.15) is 12.2 Å². The monoisotopic (exact) mass is 499 g/mol. The fourth-order valence-electron chi connectivity index (χ4n) is 3.19. The van der Waals surface area contributed by atoms with E-state index in [2.05, 4.69) is 30.8 Å². The van der Waals surface area contributed by atoms with Crippen LogP contribution in [0.4, 0.5) is 24.5 Å². The maximum Gasteiger partial charge on any atom is 0.333 e. The van der Waals surface area contributed by atoms with E-state index in [9.17, 15) is 23.1 Å². The normalized spacial score (nSPS) is 12.5. The van der Waals surface area contributed by atoms with Crippen LogP contribution >= 0.6 is 0 Å². The van der Waals surface area contributed by atoms with Gasteiger partial charge in [-0.25, -0.2) is 18.6 Å². The molecular weight excluding hydrogens is 479 g/mol. The number of carbonyl (C=O) groups excluding carboxylic acids is 1. The Bertz CT molecular complexity index is 1450. The predicted molar refractivity (Wildman–Crippen MR) is 121 cm³/mol. The molecule has 0 unspecified atom stereocenters. The van der Waals surface area contributed by atoms with Crippen LogP contribution in [0, 0.1) is 11.3 Å². The van der Waals surface area contributed by atoms with Gasteiger partial charge in [-0.3, -0.25) is 9.78 Å². The number of pyridine rings is 1. The number of nitrogens with one attached hydrogen (secondary N) is 2. The molecule has 4 heterocycles. The van der Waals surface area contributed by atoms with Gasteiger partial charge in [-0.2, -0.15) is 24.2 Å². The molecule has 0 aliphatic heterocycles. The lowest BCUT2D eigenvalue weighted by molar-refractivity contribution is -0.00177. The molecule has 0 aliphatic rings. The molecule has 14 heteroatoms. The molecule has 0 aromatic carbocycles. The number of halogens is 3. The van der Waals surface area contributed by atoms with Crippen molar-refractivity contribution in [1.82, 2.24) is 34.7 Å². The molecule has 0 radical (unpaired) electrons. The Hall–Kier alpha value is -4.51. The lowest BCUT2D eigenvalue weighted by atomic mass is 10.0. The molecule has 4 aromatic heterocycles. The van der Waals surface area contributed by atoms with Crippen molar-refractivity contribution in [3.63, 3.8) is 0 Å². The third kappa shape index (κ3) is 5.10. The van der Waals surface area contributed by atoms with Gasteiger partial charge < -0.3 is 15.7 Å². The summed E-state index contributed by atoms with van der Waals surface area (Å²) in [6, 6.07) is 3.45. The van der Waals surface area contributed by atoms with E-state index in [1.165, 1.54) is 49.2 Å². The number of rotatable bonds is 8. The maximum absolute atomic E-state index is 14.1. The minimum Gasteiger partial charge on any atom is -0.387 e. The quantitative estimate of drug-likeness (QED) is 0.335. The number of amides is 1. The van der Waals surface area contributed by atoms with Gasteiger partial charge in [0, 0.05) is 12.4 Å². The van der Waals surface area contributed by atoms with Crippen LogP contribution in [0.15, 0.2) is 43.2 Å². The van der Waals surface area contributed by atoms with Crippen molar-refractivity contribution in [1.29, 1.82) is 5.26 Å². The van der Waals surface area contributed by atoms with Crippen LogP contribution < -0.4 is 10.6 Å². The number of hydrogen-bond donors (Lipinski definition) is 3. The minimum absolute atomic E-state index is 0.0114. The molecular formula is C22H20F3N9O2. The number of nitriles is 1. The molecule has 0 fully saturated rings. The Balaban J connectivity index is 1.70. The van der Waals surface area contributed by atoms with Gasteiger partial charge in [0.25, 0.3) is 5.91 Å². The van der Waals surface area contributed by atoms with Gasteiger partial charge in [0.15, 0.2) is 5.65 Å². The zero-order chi connectivity index (χ0) is 26.0. The van der Waals surface area contributed by atoms with Gasteiger partial charge in [-0.15, -0.1) is 0 Å². The number of fused-ring (bicyclic) bond motifs is 1. The number of aromatic nitrogens is 6. The van der Waals surface area contributed by atoms with E-state index < -0.39 is 30.8 Å². The van der Waals surface area contributed by atoms with Crippen LogP contribution in [0.25, 0.3) is 16.9 Å². The highest BCUT2D eigenvalue weighted by atomic mass is 19.3. The number of aliphatic hydroxyl groups is 1. The summed E-state index contributed by atoms with van der Waals surface area (Å²) in [4.78, 5) is 21.4. The summed E-state index contributed by atoms with van der Waals surface area (Å²) in [7, 11) is 0. The molecule has 4 rings (SSSR count). The van der Waals surface area contributed by atoms with Crippen LogP contribution in [-0.4, -0.2) is 58.7 Å². The van der Waals surface area contributed by atoms with Crippen molar-refractivity contribution in [2.45, 2.75) is 32.2 Å². The number of nitrogens with zero attached hydrogens (tertiary/aromatic N) is 7. The molecule has 36 heavy (non-hydrogen) atoms. The molecule has 0 spiro atoms. The van der Waals surface area contributed by atoms with Gasteiger partial charge >= 0.3 is 6.55 Å². The first-order chi connectivity index (χ1) is 17.1. The smallest absolute Gasteiger partial charge is 0.333 e. The van der Waals surface area contributed by atoms with Crippen molar-refractivity contribution in [2.75, 3.05) is 11.9 Å². The first-order valence-electron chi connectivity index (χ1n) is 10.5. The second kappa shape index (κ2) is 9.62. The maximum atomic E-state index is 14.1. The molecule has 186 valence electrons. The molecule has 11 nitrogen and oxygen atoms in total. The Kier molecular flexibility index (Phi) is 6.58. The summed E-state index contributed by atoms with van der Waals surface area (Å²) in [5.74, 6) is -0.707. The average Bonchev–Trinajstić information content (AvgIpc) is 3.48. The summed E-state index contributed by atoms with van der Waals surface area (Å²) in [5.41, 5.74) is 0.153. The SMILES string of the molecule is CC(C)(O)[C@H](F)CNC(=O)c1cnc(-c2cnn3cc(C#N)cnc23)cc1Nc1cnn(C(F)F)c1. The zero-order valence-electron chi connectivity index (χ0n) is 19.0. The largest absolute Gasteiger partial charge is 0.387 e. The molecule has 1 atom stereocenters. The Labute approximate surface area is 202 Å². The third-order valence-corrected chi connectivity index (χ3v) is 5.20. The summed E-state index contributed by atoms with van der Waals surface area (Å²) in [5, 5.41) is 31.8. The van der Waals surface area contributed by atoms with Gasteiger partial charge in [-0.05, 0) is 19.9 Å². The lowest BCUT2D eigenvalue weighted by Crippen LogP contribution is -2.42. The molecule has 4 aromatic rings. The summed E-state index contributed by atoms with van der Waals surface area (Å²) in [6.45, 7) is -0.774. The van der Waals surface area contributed by atoms with E-state index >= 15 is 0 Å². The summed E-state index contributed by atoms with van der Waals surface area (Å²) < 4.78 is 41.9. The number of hydrogen-bond acceptors (Lipinski definition) is 8. The fraction of sp³-hybridized carbons (Fsp3) is 0.273. The topological polar surface area (TPSA) is 146 Å². The van der Waals surface area contributed by atoms with Crippen molar-refractivity contribution >= 4 is 22.9 Å². The van der Waals surface area contributed by atoms with Crippen LogP contribution in [0.2, 0.25) is 0 Å². The zero-order valence-corrected chi connectivity index (χ0v) is 19.0. The van der Waals surface area contributed by atoms with Crippen molar-refractivity contribution in [3.05, 3.63) is 54.4 Å². The van der Waals surface area contributed by atoms with Gasteiger partial charge in [-0.1, -0.05) is 0 Å². The molecule has 0 saturated carbocycles. The third-order valence-electron chi connectivity index (χ3n) is 5.20. The second-order valence-electron chi connectivity index (χ2n) is 8.34. The van der Waals surface area contributed by atoms with Crippen LogP contribution in [0.3, 0.4) is 0 Å². The Morgan fingerprint density at radius 2 is 1.94 bits per heavy atom. The fourth-order valence-corrected chi connectivity index (χ4v) is 3.19. The van der Waals surface area contributed by atoms with Crippen molar-refractivity contribution in [3.8, 4) is 17.3 Å². The van der Waals surface area contributed by atoms with Crippen LogP contribution in [-0.2, 0) is 0 Å². The van der Waals surface area contributed by atoms with E-state index in [0.717, 1.165) is 12.4 Å². The number of carbonyl (C=O) groups is 1. The molecule has 3 N–H and O–H groups in total. The average molecular weight is 499 g/mol. The van der Waals surface area contributed by atoms with Crippen molar-refractivity contribution < 1.29 is 23.1 Å². The molecule has 1 amide bonds. The standard InChI is InChI=1S/C22H20F3N9O2/c1-22(2,36)18(23)9-29-20(35)15-7-27-16(3-17(15)32-13-6-30-34(11-13)21(24)25)14-8-31-33-10-12(4-26)5-28-19(14)33/h3,5-8,10-11,18,21,36H,9H2,1-2H3,(H,27,32)(H,29,35)/t18-/m1/s1. The Morgan fingerprint density at radius 1 is 1.17 bits per heavy atom. The van der Waals surface area contributed by atoms with E-state index in [0.29, 0.717) is 27.1 Å². The van der Waals surface area contributed by atoms with Crippen LogP contribution in [0.5, 0.6) is 0 Å². The minimum atomic E-state index is -2.86. The van der Waals surface area contributed by atoms with E-state index in [-0.39, 0.29) is 16.9 Å². The number of anilines is 2. The summed E-state index contributed by atoms with van der Waals surface area (Å²) in [6.07, 6.45) is 6.03. The highest BCUT2D eigenvalue weighted by Crippen LogP contribution is 2.28. The van der Waals surface area contributed by atoms with E-state index in [4.69, 9.17) is 5.26 Å². The number of alkyl halides is 3. The second-order valence-corrected chi connectivity index (χ2v) is 8.34. The van der Waals surface area contributed by atoms with Gasteiger partial charge in [0.2, 0.25) is 0 Å². The van der Waals surface area contributed by atoms with E-state index in [1.54, 1.807) is 0 Å². The van der Waals surface area contributed by atoms with Crippen LogP contribution in [0.1, 0.15) is 36.3 Å². The highest BCUT2D eigenvalue weighted by Gasteiger charge is 2.27. The first kappa shape index (κ1) is 24.6.